The molecule has 0 unspecified atom stereocenters. The van der Waals surface area contributed by atoms with Crippen LogP contribution in [-0.4, -0.2) is 48.4 Å². The summed E-state index contributed by atoms with van der Waals surface area (Å²) in [5.41, 5.74) is 0.497. The molecule has 0 aromatic rings. The Morgan fingerprint density at radius 1 is 1.09 bits per heavy atom. The lowest BCUT2D eigenvalue weighted by Crippen LogP contribution is -2.60. The fourth-order valence-corrected chi connectivity index (χ4v) is 4.68. The second-order valence-electron chi connectivity index (χ2n) is 8.78. The minimum Gasteiger partial charge on any atom is -0.341 e. The average molecular weight is 306 g/mol. The Morgan fingerprint density at radius 3 is 2.23 bits per heavy atom. The second-order valence-corrected chi connectivity index (χ2v) is 8.78. The molecule has 3 rings (SSSR count). The number of rotatable bonds is 3. The van der Waals surface area contributed by atoms with Crippen LogP contribution in [0.3, 0.4) is 0 Å². The molecule has 0 N–H and O–H groups in total. The summed E-state index contributed by atoms with van der Waals surface area (Å²) in [6.07, 6.45) is 8.25. The highest BCUT2D eigenvalue weighted by Gasteiger charge is 2.47. The number of hydrogen-bond donors (Lipinski definition) is 0. The maximum Gasteiger partial charge on any atom is 0.225 e. The van der Waals surface area contributed by atoms with Crippen LogP contribution < -0.4 is 0 Å². The van der Waals surface area contributed by atoms with Crippen LogP contribution in [-0.2, 0) is 4.79 Å². The summed E-state index contributed by atoms with van der Waals surface area (Å²) in [6.45, 7) is 12.5. The van der Waals surface area contributed by atoms with Crippen LogP contribution in [0.1, 0.15) is 59.3 Å². The van der Waals surface area contributed by atoms with Gasteiger partial charge in [-0.05, 0) is 63.5 Å². The molecule has 0 radical (unpaired) electrons. The molecule has 1 amide bonds. The van der Waals surface area contributed by atoms with Gasteiger partial charge in [-0.15, -0.1) is 0 Å². The highest BCUT2D eigenvalue weighted by atomic mass is 16.2. The Kier molecular flexibility index (Phi) is 4.82. The van der Waals surface area contributed by atoms with Crippen molar-refractivity contribution < 1.29 is 4.79 Å². The summed E-state index contributed by atoms with van der Waals surface area (Å²) >= 11 is 0. The van der Waals surface area contributed by atoms with Crippen molar-refractivity contribution in [1.82, 2.24) is 9.80 Å². The van der Waals surface area contributed by atoms with E-state index in [-0.39, 0.29) is 5.92 Å². The smallest absolute Gasteiger partial charge is 0.225 e. The molecule has 2 heterocycles. The summed E-state index contributed by atoms with van der Waals surface area (Å²) in [5, 5.41) is 0. The van der Waals surface area contributed by atoms with Crippen LogP contribution in [0.25, 0.3) is 0 Å². The van der Waals surface area contributed by atoms with E-state index in [1.165, 1.54) is 58.2 Å². The molecule has 0 atom stereocenters. The van der Waals surface area contributed by atoms with Gasteiger partial charge >= 0.3 is 0 Å². The zero-order valence-corrected chi connectivity index (χ0v) is 14.8. The molecular weight excluding hydrogens is 272 g/mol. The lowest BCUT2D eigenvalue weighted by atomic mass is 9.65. The molecule has 3 nitrogen and oxygen atoms in total. The van der Waals surface area contributed by atoms with Crippen molar-refractivity contribution in [2.45, 2.75) is 59.3 Å². The minimum atomic E-state index is 0.162. The largest absolute Gasteiger partial charge is 0.341 e. The van der Waals surface area contributed by atoms with Crippen LogP contribution in [0, 0.1) is 23.2 Å². The van der Waals surface area contributed by atoms with E-state index in [0.717, 1.165) is 24.9 Å². The number of hydrogen-bond acceptors (Lipinski definition) is 2. The number of piperidine rings is 1. The zero-order valence-electron chi connectivity index (χ0n) is 14.8. The number of carbonyl (C=O) groups is 1. The summed E-state index contributed by atoms with van der Waals surface area (Å²) in [4.78, 5) is 16.8. The Hall–Kier alpha value is -0.570. The van der Waals surface area contributed by atoms with E-state index in [1.54, 1.807) is 0 Å². The third kappa shape index (κ3) is 3.50. The standard InChI is InChI=1S/C19H34N2O/c1-15(2)18(22)21-13-19(14-21)8-4-17(5-9-19)12-20-10-6-16(3)7-11-20/h15-17H,4-14H2,1-3H3. The summed E-state index contributed by atoms with van der Waals surface area (Å²) < 4.78 is 0. The number of nitrogens with zero attached hydrogens (tertiary/aromatic N) is 2. The van der Waals surface area contributed by atoms with Crippen LogP contribution in [0.4, 0.5) is 0 Å². The van der Waals surface area contributed by atoms with E-state index in [4.69, 9.17) is 0 Å². The minimum absolute atomic E-state index is 0.162. The van der Waals surface area contributed by atoms with Gasteiger partial charge in [0.15, 0.2) is 0 Å². The maximum atomic E-state index is 12.0. The fourth-order valence-electron chi connectivity index (χ4n) is 4.68. The van der Waals surface area contributed by atoms with Gasteiger partial charge in [-0.3, -0.25) is 4.79 Å². The van der Waals surface area contributed by atoms with Crippen molar-refractivity contribution in [1.29, 1.82) is 0 Å². The molecule has 0 bridgehead atoms. The normalized spacial score (nSPS) is 27.4. The highest BCUT2D eigenvalue weighted by Crippen LogP contribution is 2.46. The molecule has 1 saturated carbocycles. The quantitative estimate of drug-likeness (QED) is 0.798. The van der Waals surface area contributed by atoms with Crippen LogP contribution in [0.2, 0.25) is 0 Å². The van der Waals surface area contributed by atoms with E-state index >= 15 is 0 Å². The zero-order chi connectivity index (χ0) is 15.7. The lowest BCUT2D eigenvalue weighted by Gasteiger charge is -2.54. The SMILES string of the molecule is CC1CCN(CC2CCC3(CC2)CN(C(=O)C(C)C)C3)CC1. The maximum absolute atomic E-state index is 12.0. The van der Waals surface area contributed by atoms with Gasteiger partial charge in [0, 0.05) is 31.0 Å². The fraction of sp³-hybridized carbons (Fsp3) is 0.947. The molecule has 126 valence electrons. The first-order valence-electron chi connectivity index (χ1n) is 9.49. The van der Waals surface area contributed by atoms with Crippen molar-refractivity contribution in [3.05, 3.63) is 0 Å². The third-order valence-electron chi connectivity index (χ3n) is 6.42. The van der Waals surface area contributed by atoms with Gasteiger partial charge in [-0.2, -0.15) is 0 Å². The molecule has 22 heavy (non-hydrogen) atoms. The monoisotopic (exact) mass is 306 g/mol. The summed E-state index contributed by atoms with van der Waals surface area (Å²) in [6, 6.07) is 0. The average Bonchev–Trinajstić information content (AvgIpc) is 2.47. The number of amides is 1. The number of carbonyl (C=O) groups excluding carboxylic acids is 1. The first kappa shape index (κ1) is 16.3. The molecule has 0 aromatic heterocycles. The molecule has 3 fully saturated rings. The van der Waals surface area contributed by atoms with Gasteiger partial charge in [-0.1, -0.05) is 20.8 Å². The van der Waals surface area contributed by atoms with Crippen LogP contribution in [0.15, 0.2) is 0 Å². The molecule has 2 saturated heterocycles. The van der Waals surface area contributed by atoms with Crippen LogP contribution >= 0.6 is 0 Å². The Morgan fingerprint density at radius 2 is 1.68 bits per heavy atom. The van der Waals surface area contributed by atoms with E-state index < -0.39 is 0 Å². The molecule has 3 aliphatic rings. The lowest BCUT2D eigenvalue weighted by molar-refractivity contribution is -0.149. The van der Waals surface area contributed by atoms with Gasteiger partial charge in [0.2, 0.25) is 5.91 Å². The van der Waals surface area contributed by atoms with Gasteiger partial charge in [0.25, 0.3) is 0 Å². The van der Waals surface area contributed by atoms with Crippen molar-refractivity contribution in [2.24, 2.45) is 23.2 Å². The van der Waals surface area contributed by atoms with Crippen LogP contribution in [0.5, 0.6) is 0 Å². The first-order valence-corrected chi connectivity index (χ1v) is 9.49. The van der Waals surface area contributed by atoms with Gasteiger partial charge in [0.1, 0.15) is 0 Å². The Labute approximate surface area is 136 Å². The molecule has 0 aromatic carbocycles. The van der Waals surface area contributed by atoms with Crippen molar-refractivity contribution in [2.75, 3.05) is 32.7 Å². The van der Waals surface area contributed by atoms with E-state index in [1.807, 2.05) is 13.8 Å². The van der Waals surface area contributed by atoms with Gasteiger partial charge in [-0.25, -0.2) is 0 Å². The van der Waals surface area contributed by atoms with Crippen molar-refractivity contribution >= 4 is 5.91 Å². The molecule has 1 spiro atoms. The third-order valence-corrected chi connectivity index (χ3v) is 6.42. The summed E-state index contributed by atoms with van der Waals surface area (Å²) in [7, 11) is 0. The Balaban J connectivity index is 1.39. The summed E-state index contributed by atoms with van der Waals surface area (Å²) in [5.74, 6) is 2.37. The predicted octanol–water partition coefficient (Wildman–Crippen LogP) is 3.39. The van der Waals surface area contributed by atoms with E-state index in [9.17, 15) is 4.79 Å². The number of likely N-dealkylation sites (tertiary alicyclic amines) is 2. The Bertz CT molecular complexity index is 382. The predicted molar refractivity (Wildman–Crippen MR) is 90.6 cm³/mol. The molecule has 2 aliphatic heterocycles. The molecular formula is C19H34N2O. The van der Waals surface area contributed by atoms with Crippen molar-refractivity contribution in [3.8, 4) is 0 Å². The highest BCUT2D eigenvalue weighted by molar-refractivity contribution is 5.79. The van der Waals surface area contributed by atoms with Crippen molar-refractivity contribution in [3.63, 3.8) is 0 Å². The van der Waals surface area contributed by atoms with E-state index in [2.05, 4.69) is 16.7 Å². The van der Waals surface area contributed by atoms with Gasteiger partial charge in [0.05, 0.1) is 0 Å². The second kappa shape index (κ2) is 6.51. The first-order chi connectivity index (χ1) is 10.5. The van der Waals surface area contributed by atoms with Gasteiger partial charge < -0.3 is 9.80 Å². The topological polar surface area (TPSA) is 23.6 Å². The van der Waals surface area contributed by atoms with E-state index in [0.29, 0.717) is 11.3 Å². The molecule has 1 aliphatic carbocycles. The molecule has 3 heteroatoms.